The largest absolute Gasteiger partial charge is 0.493 e. The number of likely N-dealkylation sites (N-methyl/N-ethyl adjacent to an activating group) is 1. The van der Waals surface area contributed by atoms with Crippen LogP contribution in [-0.2, 0) is 20.0 Å². The average molecular weight is 571 g/mol. The number of ether oxygens (including phenoxy) is 1. The van der Waals surface area contributed by atoms with Gasteiger partial charge in [-0.1, -0.05) is 121 Å². The minimum atomic E-state index is -4.00. The summed E-state index contributed by atoms with van der Waals surface area (Å²) in [5, 5.41) is 0. The van der Waals surface area contributed by atoms with Crippen molar-refractivity contribution in [2.45, 2.75) is 122 Å². The van der Waals surface area contributed by atoms with Crippen LogP contribution in [0.1, 0.15) is 122 Å². The van der Waals surface area contributed by atoms with E-state index in [2.05, 4.69) is 13.0 Å². The molecule has 0 aliphatic carbocycles. The summed E-state index contributed by atoms with van der Waals surface area (Å²) in [6, 6.07) is 8.06. The van der Waals surface area contributed by atoms with E-state index < -0.39 is 7.82 Å². The van der Waals surface area contributed by atoms with Gasteiger partial charge in [0.15, 0.2) is 0 Å². The first-order valence-corrected chi connectivity index (χ1v) is 17.4. The van der Waals surface area contributed by atoms with Gasteiger partial charge < -0.3 is 14.1 Å². The van der Waals surface area contributed by atoms with Crippen molar-refractivity contribution in [2.75, 3.05) is 47.5 Å². The molecule has 0 amide bonds. The van der Waals surface area contributed by atoms with Crippen LogP contribution in [0, 0.1) is 0 Å². The van der Waals surface area contributed by atoms with Crippen LogP contribution in [0.4, 0.5) is 0 Å². The third kappa shape index (κ3) is 22.5. The Bertz CT molecular complexity index is 752. The molecular weight excluding hydrogens is 509 g/mol. The van der Waals surface area contributed by atoms with Gasteiger partial charge in [0.25, 0.3) is 0 Å². The average Bonchev–Trinajstić information content (AvgIpc) is 2.88. The summed E-state index contributed by atoms with van der Waals surface area (Å²) in [5.74, 6) is 0.907. The van der Waals surface area contributed by atoms with Gasteiger partial charge in [0.1, 0.15) is 18.9 Å². The predicted octanol–water partition coefficient (Wildman–Crippen LogP) is 9.10. The van der Waals surface area contributed by atoms with E-state index in [9.17, 15) is 9.46 Å². The second-order valence-electron chi connectivity index (χ2n) is 12.0. The number of phosphoric acid groups is 1. The Kier molecular flexibility index (Phi) is 21.1. The van der Waals surface area contributed by atoms with E-state index in [1.165, 1.54) is 96.3 Å². The second kappa shape index (κ2) is 22.7. The zero-order valence-electron chi connectivity index (χ0n) is 25.8. The summed E-state index contributed by atoms with van der Waals surface area (Å²) in [5.41, 5.74) is 1.11. The number of benzene rings is 1. The lowest BCUT2D eigenvalue weighted by Crippen LogP contribution is -2.37. The molecule has 0 radical (unpaired) electrons. The Hall–Kier alpha value is -0.910. The van der Waals surface area contributed by atoms with Crippen LogP contribution in [0.15, 0.2) is 24.3 Å². The number of unbranched alkanes of at least 4 members (excludes halogenated alkanes) is 15. The zero-order valence-corrected chi connectivity index (χ0v) is 26.7. The highest BCUT2D eigenvalue weighted by Crippen LogP contribution is 2.43. The highest BCUT2D eigenvalue weighted by atomic mass is 31.2. The lowest BCUT2D eigenvalue weighted by molar-refractivity contribution is -0.870. The molecular formula is C32H61NO5P+. The molecule has 1 rings (SSSR count). The van der Waals surface area contributed by atoms with Gasteiger partial charge in [-0.25, -0.2) is 4.57 Å². The molecule has 0 aliphatic heterocycles. The van der Waals surface area contributed by atoms with Crippen molar-refractivity contribution < 1.29 is 27.7 Å². The normalized spacial score (nSPS) is 13.5. The topological polar surface area (TPSA) is 65.0 Å². The molecule has 1 N–H and O–H groups in total. The van der Waals surface area contributed by atoms with Gasteiger partial charge >= 0.3 is 7.82 Å². The highest BCUT2D eigenvalue weighted by molar-refractivity contribution is 7.47. The van der Waals surface area contributed by atoms with Crippen LogP contribution >= 0.6 is 7.82 Å². The molecule has 0 heterocycles. The molecule has 0 saturated carbocycles. The number of para-hydroxylation sites is 1. The van der Waals surface area contributed by atoms with Crippen molar-refractivity contribution in [3.05, 3.63) is 29.8 Å². The van der Waals surface area contributed by atoms with Crippen LogP contribution in [0.5, 0.6) is 5.75 Å². The number of phosphoric ester groups is 1. The molecule has 0 spiro atoms. The van der Waals surface area contributed by atoms with E-state index in [4.69, 9.17) is 13.8 Å². The van der Waals surface area contributed by atoms with Gasteiger partial charge in [-0.05, 0) is 30.9 Å². The zero-order chi connectivity index (χ0) is 28.7. The van der Waals surface area contributed by atoms with Crippen LogP contribution in [0.2, 0.25) is 0 Å². The monoisotopic (exact) mass is 570 g/mol. The third-order valence-corrected chi connectivity index (χ3v) is 8.11. The highest BCUT2D eigenvalue weighted by Gasteiger charge is 2.22. The number of nitrogens with zero attached hydrogens (tertiary/aromatic N) is 1. The van der Waals surface area contributed by atoms with Crippen LogP contribution in [-0.4, -0.2) is 56.9 Å². The molecule has 1 atom stereocenters. The van der Waals surface area contributed by atoms with E-state index in [-0.39, 0.29) is 13.2 Å². The predicted molar refractivity (Wildman–Crippen MR) is 164 cm³/mol. The molecule has 1 aromatic carbocycles. The van der Waals surface area contributed by atoms with Crippen molar-refractivity contribution in [3.8, 4) is 5.75 Å². The summed E-state index contributed by atoms with van der Waals surface area (Å²) in [7, 11) is 2.02. The van der Waals surface area contributed by atoms with Gasteiger partial charge in [-0.3, -0.25) is 9.05 Å². The van der Waals surface area contributed by atoms with Crippen LogP contribution in [0.3, 0.4) is 0 Å². The van der Waals surface area contributed by atoms with Crippen molar-refractivity contribution >= 4 is 7.82 Å². The maximum Gasteiger partial charge on any atom is 0.472 e. The number of rotatable bonds is 27. The smallest absolute Gasteiger partial charge is 0.472 e. The minimum Gasteiger partial charge on any atom is -0.493 e. The molecule has 228 valence electrons. The van der Waals surface area contributed by atoms with Gasteiger partial charge in [-0.15, -0.1) is 0 Å². The minimum absolute atomic E-state index is 0.172. The van der Waals surface area contributed by atoms with Crippen molar-refractivity contribution in [2.24, 2.45) is 0 Å². The lowest BCUT2D eigenvalue weighted by Gasteiger charge is -2.24. The van der Waals surface area contributed by atoms with E-state index in [1.54, 1.807) is 0 Å². The van der Waals surface area contributed by atoms with Crippen molar-refractivity contribution in [3.63, 3.8) is 0 Å². The Morgan fingerprint density at radius 3 is 1.69 bits per heavy atom. The molecule has 6 nitrogen and oxygen atoms in total. The Balaban J connectivity index is 2.03. The molecule has 0 aromatic heterocycles. The maximum atomic E-state index is 12.0. The third-order valence-electron chi connectivity index (χ3n) is 7.09. The van der Waals surface area contributed by atoms with Gasteiger partial charge in [0.2, 0.25) is 0 Å². The fourth-order valence-electron chi connectivity index (χ4n) is 4.59. The molecule has 0 saturated heterocycles. The number of aryl methyl sites for hydroxylation is 1. The molecule has 7 heteroatoms. The molecule has 1 unspecified atom stereocenters. The van der Waals surface area contributed by atoms with E-state index in [0.717, 1.165) is 30.8 Å². The van der Waals surface area contributed by atoms with E-state index in [0.29, 0.717) is 17.4 Å². The molecule has 0 fully saturated rings. The standard InChI is InChI=1S/C32H60NO5P/c1-5-6-7-8-9-10-11-12-13-14-15-16-17-18-19-22-28-36-32-26-21-20-24-31(32)25-23-29-37-39(34,35)38-30-27-33(2,3)4/h20-21,24,26H,5-19,22-23,25,27-30H2,1-4H3/p+1. The first-order chi connectivity index (χ1) is 18.7. The maximum absolute atomic E-state index is 12.0. The molecule has 1 aromatic rings. The Morgan fingerprint density at radius 2 is 1.15 bits per heavy atom. The molecule has 0 bridgehead atoms. The van der Waals surface area contributed by atoms with Crippen LogP contribution in [0.25, 0.3) is 0 Å². The van der Waals surface area contributed by atoms with Crippen molar-refractivity contribution in [1.29, 1.82) is 0 Å². The number of hydrogen-bond donors (Lipinski definition) is 1. The van der Waals surface area contributed by atoms with Crippen molar-refractivity contribution in [1.82, 2.24) is 0 Å². The second-order valence-corrected chi connectivity index (χ2v) is 13.5. The Labute approximate surface area is 241 Å². The number of hydrogen-bond acceptors (Lipinski definition) is 4. The summed E-state index contributed by atoms with van der Waals surface area (Å²) < 4.78 is 29.0. The van der Waals surface area contributed by atoms with Gasteiger partial charge in [0, 0.05) is 0 Å². The summed E-state index contributed by atoms with van der Waals surface area (Å²) in [6.07, 6.45) is 23.2. The Morgan fingerprint density at radius 1 is 0.667 bits per heavy atom. The molecule has 0 aliphatic rings. The first kappa shape index (κ1) is 36.1. The van der Waals surface area contributed by atoms with Gasteiger partial charge in [0.05, 0.1) is 34.4 Å². The van der Waals surface area contributed by atoms with E-state index >= 15 is 0 Å². The summed E-state index contributed by atoms with van der Waals surface area (Å²) in [4.78, 5) is 9.86. The molecule has 39 heavy (non-hydrogen) atoms. The quantitative estimate of drug-likeness (QED) is 0.0649. The first-order valence-electron chi connectivity index (χ1n) is 15.9. The van der Waals surface area contributed by atoms with Gasteiger partial charge in [-0.2, -0.15) is 0 Å². The fraction of sp³-hybridized carbons (Fsp3) is 0.812. The van der Waals surface area contributed by atoms with E-state index in [1.807, 2.05) is 39.3 Å². The van der Waals surface area contributed by atoms with Crippen LogP contribution < -0.4 is 4.74 Å². The fourth-order valence-corrected chi connectivity index (χ4v) is 5.34. The SMILES string of the molecule is CCCCCCCCCCCCCCCCCCOc1ccccc1CCCOP(=O)(O)OCC[N+](C)(C)C. The number of quaternary nitrogens is 1. The summed E-state index contributed by atoms with van der Waals surface area (Å²) >= 11 is 0. The summed E-state index contributed by atoms with van der Waals surface area (Å²) in [6.45, 7) is 4.01. The lowest BCUT2D eigenvalue weighted by atomic mass is 10.0.